The number of allylic oxidation sites excluding steroid dienone is 15. The molecular weight excluding hydrogens is 976 g/mol. The van der Waals surface area contributed by atoms with Crippen molar-refractivity contribution in [2.75, 3.05) is 40.9 Å². The van der Waals surface area contributed by atoms with Crippen molar-refractivity contribution in [1.29, 1.82) is 0 Å². The summed E-state index contributed by atoms with van der Waals surface area (Å²) in [5.74, 6) is -0.547. The Bertz CT molecular complexity index is 1640. The topological polar surface area (TPSA) is 111 Å². The number of quaternary nitrogens is 1. The summed E-state index contributed by atoms with van der Waals surface area (Å²) in [4.78, 5) is 37.7. The average molecular weight is 1100 g/mol. The second kappa shape index (κ2) is 56.2. The highest BCUT2D eigenvalue weighted by Crippen LogP contribution is 2.43. The molecule has 0 radical (unpaired) electrons. The van der Waals surface area contributed by atoms with Crippen LogP contribution < -0.4 is 5.32 Å². The van der Waals surface area contributed by atoms with Crippen molar-refractivity contribution in [3.8, 4) is 0 Å². The van der Waals surface area contributed by atoms with Crippen LogP contribution in [0.25, 0.3) is 0 Å². The van der Waals surface area contributed by atoms with Crippen molar-refractivity contribution in [1.82, 2.24) is 5.32 Å². The van der Waals surface area contributed by atoms with Crippen molar-refractivity contribution < 1.29 is 37.3 Å². The number of carbonyl (C=O) groups is 2. The lowest BCUT2D eigenvalue weighted by Crippen LogP contribution is -2.47. The molecule has 0 aliphatic rings. The summed E-state index contributed by atoms with van der Waals surface area (Å²) in [5.41, 5.74) is 0. The summed E-state index contributed by atoms with van der Waals surface area (Å²) in [7, 11) is 1.47. The van der Waals surface area contributed by atoms with Gasteiger partial charge in [0.1, 0.15) is 19.3 Å². The van der Waals surface area contributed by atoms with Gasteiger partial charge in [-0.2, -0.15) is 0 Å². The number of hydrogen-bond acceptors (Lipinski definition) is 6. The predicted octanol–water partition coefficient (Wildman–Crippen LogP) is 19.6. The van der Waals surface area contributed by atoms with Crippen molar-refractivity contribution in [3.05, 3.63) is 97.2 Å². The van der Waals surface area contributed by atoms with Gasteiger partial charge in [-0.25, -0.2) is 4.57 Å². The Hall–Kier alpha value is -3.07. The van der Waals surface area contributed by atoms with Crippen molar-refractivity contribution in [2.24, 2.45) is 0 Å². The highest BCUT2D eigenvalue weighted by Gasteiger charge is 2.30. The van der Waals surface area contributed by atoms with Gasteiger partial charge in [0, 0.05) is 12.8 Å². The van der Waals surface area contributed by atoms with Crippen molar-refractivity contribution in [2.45, 2.75) is 277 Å². The fourth-order valence-electron chi connectivity index (χ4n) is 8.64. The zero-order chi connectivity index (χ0) is 56.4. The average Bonchev–Trinajstić information content (AvgIpc) is 3.39. The summed E-state index contributed by atoms with van der Waals surface area (Å²) in [6.07, 6.45) is 75.5. The fraction of sp³-hybridized carbons (Fsp3) is 0.731. The van der Waals surface area contributed by atoms with Gasteiger partial charge < -0.3 is 19.4 Å². The van der Waals surface area contributed by atoms with Crippen LogP contribution in [0.15, 0.2) is 97.2 Å². The molecule has 3 atom stereocenters. The van der Waals surface area contributed by atoms with E-state index in [4.69, 9.17) is 13.8 Å². The second-order valence-electron chi connectivity index (χ2n) is 22.2. The molecule has 0 saturated carbocycles. The van der Waals surface area contributed by atoms with Crippen LogP contribution in [-0.4, -0.2) is 74.3 Å². The summed E-state index contributed by atoms with van der Waals surface area (Å²) >= 11 is 0. The molecule has 10 heteroatoms. The monoisotopic (exact) mass is 1100 g/mol. The molecule has 9 nitrogen and oxygen atoms in total. The van der Waals surface area contributed by atoms with Crippen LogP contribution in [0.1, 0.15) is 265 Å². The largest absolute Gasteiger partial charge is 0.472 e. The first kappa shape index (κ1) is 73.9. The Morgan fingerprint density at radius 2 is 0.831 bits per heavy atom. The van der Waals surface area contributed by atoms with E-state index in [1.807, 2.05) is 33.3 Å². The van der Waals surface area contributed by atoms with Gasteiger partial charge in [0.05, 0.1) is 33.8 Å². The van der Waals surface area contributed by atoms with Gasteiger partial charge in [-0.1, -0.05) is 240 Å². The number of rotatable bonds is 56. The molecule has 0 aromatic heterocycles. The third-order valence-electron chi connectivity index (χ3n) is 13.5. The van der Waals surface area contributed by atoms with Crippen LogP contribution in [0, 0.1) is 0 Å². The maximum atomic E-state index is 13.6. The standard InChI is InChI=1S/C67H119N2O7P/c1-7-10-13-16-19-22-25-27-29-31-33-34-36-37-39-41-44-47-50-53-56-59-66(70)68-64(63-75-77(72,73)74-62-61-69(4,5)6)65(58-55-52-49-46-43-24-21-18-15-12-9-3)76-67(71)60-57-54-51-48-45-42-40-38-35-32-30-28-26-23-20-17-14-11-8-2/h11,14,19-20,22-23,27-30,35,38,42,45,55,58,64-65H,7-10,12-13,15-18,21,24-26,31-34,36-37,39-41,43-44,46-54,56-57,59-63H2,1-6H3,(H-,68,70,72,73)/p+1/b14-11-,22-19-,23-20-,29-27-,30-28-,38-35-,45-42-,58-55+. The van der Waals surface area contributed by atoms with E-state index < -0.39 is 20.0 Å². The van der Waals surface area contributed by atoms with Gasteiger partial charge >= 0.3 is 13.8 Å². The van der Waals surface area contributed by atoms with Crippen molar-refractivity contribution >= 4 is 19.7 Å². The summed E-state index contributed by atoms with van der Waals surface area (Å²) in [5, 5.41) is 3.05. The number of hydrogen-bond donors (Lipinski definition) is 2. The second-order valence-corrected chi connectivity index (χ2v) is 23.6. The fourth-order valence-corrected chi connectivity index (χ4v) is 9.38. The molecule has 0 rings (SSSR count). The smallest absolute Gasteiger partial charge is 0.456 e. The molecule has 0 saturated heterocycles. The minimum atomic E-state index is -4.46. The lowest BCUT2D eigenvalue weighted by molar-refractivity contribution is -0.870. The Labute approximate surface area is 475 Å². The highest BCUT2D eigenvalue weighted by atomic mass is 31.2. The number of nitrogens with zero attached hydrogens (tertiary/aromatic N) is 1. The van der Waals surface area contributed by atoms with Gasteiger partial charge in [0.15, 0.2) is 0 Å². The molecule has 0 aliphatic carbocycles. The lowest BCUT2D eigenvalue weighted by Gasteiger charge is -2.27. The SMILES string of the molecule is CC/C=C\C/C=C\C/C=C\C/C=C\C/C=C\CCCCCC(=O)OC(/C=C/CCCCCCCCCCC)C(COP(=O)(O)OCC[N+](C)(C)C)NC(=O)CCCCCCCCCCCCC/C=C\C/C=C\CCCCC. The van der Waals surface area contributed by atoms with Gasteiger partial charge in [-0.15, -0.1) is 0 Å². The number of esters is 1. The quantitative estimate of drug-likeness (QED) is 0.0205. The number of phosphoric acid groups is 1. The van der Waals surface area contributed by atoms with Crippen LogP contribution in [-0.2, 0) is 27.9 Å². The van der Waals surface area contributed by atoms with Crippen LogP contribution in [0.4, 0.5) is 0 Å². The van der Waals surface area contributed by atoms with E-state index in [1.165, 1.54) is 128 Å². The van der Waals surface area contributed by atoms with Crippen LogP contribution in [0.3, 0.4) is 0 Å². The van der Waals surface area contributed by atoms with E-state index in [2.05, 4.69) is 111 Å². The van der Waals surface area contributed by atoms with E-state index in [1.54, 1.807) is 0 Å². The number of phosphoric ester groups is 1. The van der Waals surface area contributed by atoms with Crippen LogP contribution in [0.5, 0.6) is 0 Å². The molecule has 0 aromatic carbocycles. The Morgan fingerprint density at radius 3 is 1.29 bits per heavy atom. The first-order valence-electron chi connectivity index (χ1n) is 31.6. The lowest BCUT2D eigenvalue weighted by atomic mass is 10.0. The van der Waals surface area contributed by atoms with E-state index in [0.29, 0.717) is 23.9 Å². The van der Waals surface area contributed by atoms with E-state index >= 15 is 0 Å². The molecular formula is C67H120N2O7P+. The maximum Gasteiger partial charge on any atom is 0.472 e. The third-order valence-corrected chi connectivity index (χ3v) is 14.5. The number of unbranched alkanes of at least 4 members (excludes halogenated alkanes) is 26. The van der Waals surface area contributed by atoms with E-state index in [9.17, 15) is 19.0 Å². The van der Waals surface area contributed by atoms with Crippen LogP contribution >= 0.6 is 7.82 Å². The molecule has 3 unspecified atom stereocenters. The number of amides is 1. The Morgan fingerprint density at radius 1 is 0.468 bits per heavy atom. The summed E-state index contributed by atoms with van der Waals surface area (Å²) in [6.45, 7) is 6.84. The third kappa shape index (κ3) is 57.4. The van der Waals surface area contributed by atoms with Gasteiger partial charge in [-0.3, -0.25) is 18.6 Å². The molecule has 0 spiro atoms. The molecule has 0 bridgehead atoms. The van der Waals surface area contributed by atoms with E-state index in [-0.39, 0.29) is 31.5 Å². The van der Waals surface area contributed by atoms with Gasteiger partial charge in [0.25, 0.3) is 0 Å². The summed E-state index contributed by atoms with van der Waals surface area (Å²) in [6, 6.07) is -0.868. The minimum absolute atomic E-state index is 0.0301. The van der Waals surface area contributed by atoms with Crippen LogP contribution in [0.2, 0.25) is 0 Å². The van der Waals surface area contributed by atoms with E-state index in [0.717, 1.165) is 96.3 Å². The Balaban J connectivity index is 5.25. The minimum Gasteiger partial charge on any atom is -0.456 e. The molecule has 0 fully saturated rings. The molecule has 0 aliphatic heterocycles. The maximum absolute atomic E-state index is 13.6. The molecule has 444 valence electrons. The number of ether oxygens (including phenoxy) is 1. The Kier molecular flexibility index (Phi) is 54.0. The number of carbonyl (C=O) groups excluding carboxylic acids is 2. The first-order chi connectivity index (χ1) is 37.4. The number of nitrogens with one attached hydrogen (secondary N) is 1. The summed E-state index contributed by atoms with van der Waals surface area (Å²) < 4.78 is 30.7. The molecule has 2 N–H and O–H groups in total. The molecule has 0 heterocycles. The molecule has 0 aromatic rings. The zero-order valence-electron chi connectivity index (χ0n) is 50.7. The molecule has 1 amide bonds. The number of likely N-dealkylation sites (N-methyl/N-ethyl adjacent to an activating group) is 1. The normalized spacial score (nSPS) is 14.3. The predicted molar refractivity (Wildman–Crippen MR) is 332 cm³/mol. The zero-order valence-corrected chi connectivity index (χ0v) is 51.6. The molecule has 77 heavy (non-hydrogen) atoms. The highest BCUT2D eigenvalue weighted by molar-refractivity contribution is 7.47. The van der Waals surface area contributed by atoms with Gasteiger partial charge in [-0.05, 0) is 109 Å². The first-order valence-corrected chi connectivity index (χ1v) is 33.1. The van der Waals surface area contributed by atoms with Crippen molar-refractivity contribution in [3.63, 3.8) is 0 Å². The van der Waals surface area contributed by atoms with Gasteiger partial charge in [0.2, 0.25) is 5.91 Å².